The van der Waals surface area contributed by atoms with Crippen molar-refractivity contribution in [2.75, 3.05) is 7.11 Å². The number of hydrogen-bond acceptors (Lipinski definition) is 4. The van der Waals surface area contributed by atoms with E-state index in [4.69, 9.17) is 20.8 Å². The van der Waals surface area contributed by atoms with E-state index in [1.807, 2.05) is 31.2 Å². The van der Waals surface area contributed by atoms with Crippen LogP contribution in [0.1, 0.15) is 11.4 Å². The quantitative estimate of drug-likeness (QED) is 0.684. The Balaban J connectivity index is 2.12. The average Bonchev–Trinajstić information content (AvgIpc) is 2.84. The van der Waals surface area contributed by atoms with Crippen LogP contribution >= 0.6 is 11.6 Å². The SMILES string of the molecule is COCc1nc(Cl)cc(-c2cc3cccc(C)c3o2)n1. The lowest BCUT2D eigenvalue weighted by molar-refractivity contribution is 0.178. The van der Waals surface area contributed by atoms with Gasteiger partial charge < -0.3 is 9.15 Å². The number of rotatable bonds is 3. The van der Waals surface area contributed by atoms with Gasteiger partial charge in [0.05, 0.1) is 0 Å². The fraction of sp³-hybridized carbons (Fsp3) is 0.200. The number of aromatic nitrogens is 2. The minimum absolute atomic E-state index is 0.312. The molecule has 0 unspecified atom stereocenters. The Kier molecular flexibility index (Phi) is 3.42. The van der Waals surface area contributed by atoms with E-state index in [2.05, 4.69) is 9.97 Å². The molecule has 0 saturated heterocycles. The number of benzene rings is 1. The summed E-state index contributed by atoms with van der Waals surface area (Å²) in [5.74, 6) is 1.21. The van der Waals surface area contributed by atoms with Gasteiger partial charge in [0.2, 0.25) is 0 Å². The van der Waals surface area contributed by atoms with E-state index in [9.17, 15) is 0 Å². The predicted molar refractivity (Wildman–Crippen MR) is 77.7 cm³/mol. The third-order valence-electron chi connectivity index (χ3n) is 3.01. The molecule has 102 valence electrons. The van der Waals surface area contributed by atoms with E-state index < -0.39 is 0 Å². The number of halogens is 1. The van der Waals surface area contributed by atoms with Gasteiger partial charge in [-0.2, -0.15) is 0 Å². The number of para-hydroxylation sites is 1. The second-order valence-corrected chi connectivity index (χ2v) is 4.92. The van der Waals surface area contributed by atoms with Crippen molar-refractivity contribution in [3.8, 4) is 11.5 Å². The molecule has 0 saturated carbocycles. The number of furan rings is 1. The molecule has 0 amide bonds. The summed E-state index contributed by atoms with van der Waals surface area (Å²) in [4.78, 5) is 8.51. The summed E-state index contributed by atoms with van der Waals surface area (Å²) >= 11 is 6.02. The summed E-state index contributed by atoms with van der Waals surface area (Å²) in [6.07, 6.45) is 0. The third-order valence-corrected chi connectivity index (χ3v) is 3.20. The van der Waals surface area contributed by atoms with E-state index in [1.54, 1.807) is 13.2 Å². The second-order valence-electron chi connectivity index (χ2n) is 4.53. The van der Waals surface area contributed by atoms with Crippen LogP contribution in [0.3, 0.4) is 0 Å². The normalized spacial score (nSPS) is 11.2. The third kappa shape index (κ3) is 2.40. The van der Waals surface area contributed by atoms with Crippen molar-refractivity contribution in [3.05, 3.63) is 46.9 Å². The maximum Gasteiger partial charge on any atom is 0.156 e. The molecule has 0 bridgehead atoms. The highest BCUT2D eigenvalue weighted by Crippen LogP contribution is 2.29. The Labute approximate surface area is 121 Å². The van der Waals surface area contributed by atoms with Gasteiger partial charge in [-0.15, -0.1) is 0 Å². The van der Waals surface area contributed by atoms with E-state index >= 15 is 0 Å². The minimum Gasteiger partial charge on any atom is -0.454 e. The number of hydrogen-bond donors (Lipinski definition) is 0. The summed E-state index contributed by atoms with van der Waals surface area (Å²) in [6, 6.07) is 9.67. The number of aryl methyl sites for hydroxylation is 1. The first-order valence-electron chi connectivity index (χ1n) is 6.19. The van der Waals surface area contributed by atoms with Gasteiger partial charge in [0, 0.05) is 18.6 Å². The molecule has 0 aliphatic rings. The van der Waals surface area contributed by atoms with Crippen LogP contribution in [-0.2, 0) is 11.3 Å². The molecule has 0 fully saturated rings. The molecule has 2 aromatic heterocycles. The van der Waals surface area contributed by atoms with E-state index in [0.717, 1.165) is 16.5 Å². The first-order chi connectivity index (χ1) is 9.67. The van der Waals surface area contributed by atoms with Crippen LogP contribution in [0.5, 0.6) is 0 Å². The van der Waals surface area contributed by atoms with Gasteiger partial charge in [-0.1, -0.05) is 29.8 Å². The molecule has 0 spiro atoms. The molecular formula is C15H13ClN2O2. The van der Waals surface area contributed by atoms with Gasteiger partial charge in [-0.3, -0.25) is 0 Å². The predicted octanol–water partition coefficient (Wildman–Crippen LogP) is 4.00. The molecule has 5 heteroatoms. The number of methoxy groups -OCH3 is 1. The number of ether oxygens (including phenoxy) is 1. The maximum absolute atomic E-state index is 6.02. The van der Waals surface area contributed by atoms with Crippen molar-refractivity contribution < 1.29 is 9.15 Å². The first kappa shape index (κ1) is 13.1. The van der Waals surface area contributed by atoms with Crippen molar-refractivity contribution >= 4 is 22.6 Å². The van der Waals surface area contributed by atoms with Crippen LogP contribution in [-0.4, -0.2) is 17.1 Å². The van der Waals surface area contributed by atoms with Gasteiger partial charge >= 0.3 is 0 Å². The van der Waals surface area contributed by atoms with Gasteiger partial charge in [0.15, 0.2) is 11.6 Å². The highest BCUT2D eigenvalue weighted by molar-refractivity contribution is 6.29. The van der Waals surface area contributed by atoms with Crippen LogP contribution in [0.2, 0.25) is 5.15 Å². The Morgan fingerprint density at radius 1 is 1.25 bits per heavy atom. The maximum atomic E-state index is 6.02. The molecule has 3 rings (SSSR count). The largest absolute Gasteiger partial charge is 0.454 e. The molecule has 0 radical (unpaired) electrons. The van der Waals surface area contributed by atoms with Gasteiger partial charge in [0.25, 0.3) is 0 Å². The van der Waals surface area contributed by atoms with Crippen LogP contribution in [0, 0.1) is 6.92 Å². The standard InChI is InChI=1S/C15H13ClN2O2/c1-9-4-3-5-10-6-12(20-15(9)10)11-7-13(16)18-14(17-11)8-19-2/h3-7H,8H2,1-2H3. The lowest BCUT2D eigenvalue weighted by atomic mass is 10.2. The smallest absolute Gasteiger partial charge is 0.156 e. The Morgan fingerprint density at radius 2 is 2.10 bits per heavy atom. The molecule has 0 aliphatic heterocycles. The van der Waals surface area contributed by atoms with Gasteiger partial charge in [-0.05, 0) is 18.6 Å². The fourth-order valence-electron chi connectivity index (χ4n) is 2.12. The lowest BCUT2D eigenvalue weighted by Crippen LogP contribution is -1.98. The van der Waals surface area contributed by atoms with Crippen molar-refractivity contribution in [1.29, 1.82) is 0 Å². The monoisotopic (exact) mass is 288 g/mol. The van der Waals surface area contributed by atoms with Crippen molar-refractivity contribution in [2.24, 2.45) is 0 Å². The molecule has 2 heterocycles. The molecule has 3 aromatic rings. The number of fused-ring (bicyclic) bond motifs is 1. The van der Waals surface area contributed by atoms with Crippen molar-refractivity contribution in [1.82, 2.24) is 9.97 Å². The molecule has 20 heavy (non-hydrogen) atoms. The zero-order valence-electron chi connectivity index (χ0n) is 11.2. The molecule has 0 atom stereocenters. The molecule has 0 aliphatic carbocycles. The first-order valence-corrected chi connectivity index (χ1v) is 6.57. The molecule has 1 aromatic carbocycles. The summed E-state index contributed by atoms with van der Waals surface area (Å²) in [6.45, 7) is 2.33. The summed E-state index contributed by atoms with van der Waals surface area (Å²) in [5, 5.41) is 1.42. The zero-order valence-corrected chi connectivity index (χ0v) is 11.9. The summed E-state index contributed by atoms with van der Waals surface area (Å²) < 4.78 is 10.9. The Morgan fingerprint density at radius 3 is 2.85 bits per heavy atom. The van der Waals surface area contributed by atoms with Gasteiger partial charge in [-0.25, -0.2) is 9.97 Å². The number of nitrogens with zero attached hydrogens (tertiary/aromatic N) is 2. The highest BCUT2D eigenvalue weighted by atomic mass is 35.5. The average molecular weight is 289 g/mol. The van der Waals surface area contributed by atoms with Crippen LogP contribution < -0.4 is 0 Å². The van der Waals surface area contributed by atoms with Crippen LogP contribution in [0.15, 0.2) is 34.7 Å². The summed E-state index contributed by atoms with van der Waals surface area (Å²) in [7, 11) is 1.59. The highest BCUT2D eigenvalue weighted by Gasteiger charge is 2.11. The summed E-state index contributed by atoms with van der Waals surface area (Å²) in [5.41, 5.74) is 2.61. The molecule has 0 N–H and O–H groups in total. The van der Waals surface area contributed by atoms with E-state index in [-0.39, 0.29) is 0 Å². The minimum atomic E-state index is 0.312. The zero-order chi connectivity index (χ0) is 14.1. The topological polar surface area (TPSA) is 48.2 Å². The van der Waals surface area contributed by atoms with Crippen molar-refractivity contribution in [2.45, 2.75) is 13.5 Å². The van der Waals surface area contributed by atoms with E-state index in [0.29, 0.717) is 29.0 Å². The Bertz CT molecular complexity index is 768. The lowest BCUT2D eigenvalue weighted by Gasteiger charge is -2.02. The fourth-order valence-corrected chi connectivity index (χ4v) is 2.32. The second kappa shape index (κ2) is 5.23. The van der Waals surface area contributed by atoms with Crippen LogP contribution in [0.25, 0.3) is 22.4 Å². The van der Waals surface area contributed by atoms with Crippen molar-refractivity contribution in [3.63, 3.8) is 0 Å². The molecular weight excluding hydrogens is 276 g/mol. The Hall–Kier alpha value is -1.91. The van der Waals surface area contributed by atoms with Crippen LogP contribution in [0.4, 0.5) is 0 Å². The van der Waals surface area contributed by atoms with Gasteiger partial charge in [0.1, 0.15) is 23.0 Å². The van der Waals surface area contributed by atoms with E-state index in [1.165, 1.54) is 0 Å². The molecule has 4 nitrogen and oxygen atoms in total.